The Morgan fingerprint density at radius 3 is 2.70 bits per heavy atom. The van der Waals surface area contributed by atoms with Crippen LogP contribution in [0.25, 0.3) is 11.0 Å². The zero-order valence-electron chi connectivity index (χ0n) is 17.6. The monoisotopic (exact) mass is 407 g/mol. The number of methoxy groups -OCH3 is 2. The molecule has 1 unspecified atom stereocenters. The standard InChI is InChI=1S/C23H25N3O4/c1-5-12-30-18-11-10-15(13-19(18)28-3)21-20(22(27)29-4)14(2)24-23-25-16-8-6-7-9-17(16)26(21)23/h6-11,13,21H,5,12H2,1-4H3,(H,24,25). The second-order valence-corrected chi connectivity index (χ2v) is 7.11. The van der Waals surface area contributed by atoms with E-state index in [1.807, 2.05) is 54.0 Å². The summed E-state index contributed by atoms with van der Waals surface area (Å²) in [5.41, 5.74) is 3.88. The molecule has 0 saturated carbocycles. The van der Waals surface area contributed by atoms with Gasteiger partial charge in [0.1, 0.15) is 0 Å². The van der Waals surface area contributed by atoms with Crippen molar-refractivity contribution in [1.29, 1.82) is 0 Å². The highest BCUT2D eigenvalue weighted by molar-refractivity contribution is 5.94. The lowest BCUT2D eigenvalue weighted by Crippen LogP contribution is -2.28. The van der Waals surface area contributed by atoms with Crippen molar-refractivity contribution >= 4 is 23.0 Å². The first-order chi connectivity index (χ1) is 14.6. The number of para-hydroxylation sites is 2. The highest BCUT2D eigenvalue weighted by atomic mass is 16.5. The van der Waals surface area contributed by atoms with Gasteiger partial charge in [-0.05, 0) is 43.2 Å². The van der Waals surface area contributed by atoms with Crippen molar-refractivity contribution in [2.24, 2.45) is 0 Å². The van der Waals surface area contributed by atoms with Gasteiger partial charge in [0, 0.05) is 5.70 Å². The number of nitrogens with one attached hydrogen (secondary N) is 1. The molecule has 0 fully saturated rings. The number of carbonyl (C=O) groups excluding carboxylic acids is 1. The first kappa shape index (κ1) is 19.8. The number of ether oxygens (including phenoxy) is 3. The van der Waals surface area contributed by atoms with Gasteiger partial charge in [-0.2, -0.15) is 0 Å². The van der Waals surface area contributed by atoms with E-state index in [1.54, 1.807) is 7.11 Å². The lowest BCUT2D eigenvalue weighted by atomic mass is 9.94. The molecule has 2 heterocycles. The van der Waals surface area contributed by atoms with Crippen LogP contribution >= 0.6 is 0 Å². The molecule has 1 aliphatic heterocycles. The number of benzene rings is 2. The first-order valence-electron chi connectivity index (χ1n) is 9.92. The number of carbonyl (C=O) groups is 1. The van der Waals surface area contributed by atoms with Crippen molar-refractivity contribution in [3.05, 3.63) is 59.3 Å². The molecule has 1 aromatic heterocycles. The second kappa shape index (κ2) is 8.10. The maximum Gasteiger partial charge on any atom is 0.337 e. The van der Waals surface area contributed by atoms with E-state index in [0.29, 0.717) is 35.3 Å². The van der Waals surface area contributed by atoms with Crippen LogP contribution in [0.1, 0.15) is 31.9 Å². The quantitative estimate of drug-likeness (QED) is 0.614. The average Bonchev–Trinajstić information content (AvgIpc) is 3.13. The highest BCUT2D eigenvalue weighted by Crippen LogP contribution is 2.41. The van der Waals surface area contributed by atoms with Crippen LogP contribution in [-0.2, 0) is 9.53 Å². The number of esters is 1. The molecule has 0 radical (unpaired) electrons. The number of anilines is 1. The molecule has 0 saturated heterocycles. The van der Waals surface area contributed by atoms with Crippen molar-refractivity contribution in [2.45, 2.75) is 26.3 Å². The van der Waals surface area contributed by atoms with E-state index in [4.69, 9.17) is 19.2 Å². The van der Waals surface area contributed by atoms with Gasteiger partial charge in [-0.1, -0.05) is 25.1 Å². The van der Waals surface area contributed by atoms with E-state index in [9.17, 15) is 4.79 Å². The lowest BCUT2D eigenvalue weighted by molar-refractivity contribution is -0.136. The topological polar surface area (TPSA) is 74.6 Å². The molecule has 0 bridgehead atoms. The van der Waals surface area contributed by atoms with Crippen LogP contribution in [0.3, 0.4) is 0 Å². The Morgan fingerprint density at radius 2 is 1.97 bits per heavy atom. The Balaban J connectivity index is 1.92. The molecular weight excluding hydrogens is 382 g/mol. The van der Waals surface area contributed by atoms with Gasteiger partial charge in [-0.3, -0.25) is 4.57 Å². The van der Waals surface area contributed by atoms with Gasteiger partial charge in [0.25, 0.3) is 0 Å². The summed E-state index contributed by atoms with van der Waals surface area (Å²) in [7, 11) is 3.00. The number of hydrogen-bond acceptors (Lipinski definition) is 6. The van der Waals surface area contributed by atoms with Crippen molar-refractivity contribution in [1.82, 2.24) is 9.55 Å². The summed E-state index contributed by atoms with van der Waals surface area (Å²) in [6.45, 7) is 4.52. The zero-order chi connectivity index (χ0) is 21.3. The van der Waals surface area contributed by atoms with Gasteiger partial charge in [0.2, 0.25) is 5.95 Å². The third kappa shape index (κ3) is 3.26. The molecule has 7 heteroatoms. The largest absolute Gasteiger partial charge is 0.493 e. The molecule has 7 nitrogen and oxygen atoms in total. The number of rotatable bonds is 6. The van der Waals surface area contributed by atoms with Gasteiger partial charge >= 0.3 is 5.97 Å². The van der Waals surface area contributed by atoms with E-state index < -0.39 is 12.0 Å². The van der Waals surface area contributed by atoms with Gasteiger partial charge < -0.3 is 19.5 Å². The van der Waals surface area contributed by atoms with E-state index in [-0.39, 0.29) is 0 Å². The molecule has 0 spiro atoms. The van der Waals surface area contributed by atoms with E-state index in [1.165, 1.54) is 7.11 Å². The molecular formula is C23H25N3O4. The number of imidazole rings is 1. The smallest absolute Gasteiger partial charge is 0.337 e. The van der Waals surface area contributed by atoms with Gasteiger partial charge in [0.15, 0.2) is 11.5 Å². The lowest BCUT2D eigenvalue weighted by Gasteiger charge is -2.30. The first-order valence-corrected chi connectivity index (χ1v) is 9.92. The summed E-state index contributed by atoms with van der Waals surface area (Å²) in [6.07, 6.45) is 0.901. The third-order valence-electron chi connectivity index (χ3n) is 5.20. The molecule has 1 N–H and O–H groups in total. The van der Waals surface area contributed by atoms with E-state index in [2.05, 4.69) is 12.2 Å². The Labute approximate surface area is 175 Å². The van der Waals surface area contributed by atoms with Crippen LogP contribution in [0, 0.1) is 0 Å². The number of fused-ring (bicyclic) bond motifs is 3. The van der Waals surface area contributed by atoms with Crippen LogP contribution in [0.15, 0.2) is 53.7 Å². The maximum absolute atomic E-state index is 12.8. The van der Waals surface area contributed by atoms with Gasteiger partial charge in [0.05, 0.1) is 43.5 Å². The number of hydrogen-bond donors (Lipinski definition) is 1. The summed E-state index contributed by atoms with van der Waals surface area (Å²) in [4.78, 5) is 17.5. The van der Waals surface area contributed by atoms with Crippen molar-refractivity contribution in [2.75, 3.05) is 26.1 Å². The highest BCUT2D eigenvalue weighted by Gasteiger charge is 2.35. The fraction of sp³-hybridized carbons (Fsp3) is 0.304. The van der Waals surface area contributed by atoms with Crippen molar-refractivity contribution < 1.29 is 19.0 Å². The summed E-state index contributed by atoms with van der Waals surface area (Å²) in [6, 6.07) is 13.2. The van der Waals surface area contributed by atoms with Gasteiger partial charge in [-0.25, -0.2) is 9.78 Å². The predicted octanol–water partition coefficient (Wildman–Crippen LogP) is 4.30. The zero-order valence-corrected chi connectivity index (χ0v) is 17.6. The molecule has 4 rings (SSSR count). The summed E-state index contributed by atoms with van der Waals surface area (Å²) < 4.78 is 18.5. The third-order valence-corrected chi connectivity index (χ3v) is 5.20. The molecule has 2 aromatic carbocycles. The van der Waals surface area contributed by atoms with Crippen LogP contribution in [0.2, 0.25) is 0 Å². The average molecular weight is 407 g/mol. The maximum atomic E-state index is 12.8. The van der Waals surface area contributed by atoms with E-state index in [0.717, 1.165) is 23.0 Å². The SMILES string of the molecule is CCCOc1ccc(C2C(C(=O)OC)=C(C)Nc3nc4ccccc4n32)cc1OC. The Hall–Kier alpha value is -3.48. The minimum absolute atomic E-state index is 0.390. The number of nitrogens with zero attached hydrogens (tertiary/aromatic N) is 2. The summed E-state index contributed by atoms with van der Waals surface area (Å²) in [5.74, 6) is 1.58. The number of aromatic nitrogens is 2. The van der Waals surface area contributed by atoms with E-state index >= 15 is 0 Å². The van der Waals surface area contributed by atoms with Gasteiger partial charge in [-0.15, -0.1) is 0 Å². The fourth-order valence-corrected chi connectivity index (χ4v) is 3.84. The minimum Gasteiger partial charge on any atom is -0.493 e. The molecule has 1 atom stereocenters. The normalized spacial score (nSPS) is 15.5. The Kier molecular flexibility index (Phi) is 5.35. The molecule has 156 valence electrons. The van der Waals surface area contributed by atoms with Crippen molar-refractivity contribution in [3.63, 3.8) is 0 Å². The van der Waals surface area contributed by atoms with Crippen molar-refractivity contribution in [3.8, 4) is 11.5 Å². The minimum atomic E-state index is -0.421. The Bertz CT molecular complexity index is 1130. The van der Waals surface area contributed by atoms with Crippen LogP contribution in [0.5, 0.6) is 11.5 Å². The van der Waals surface area contributed by atoms with Crippen LogP contribution < -0.4 is 14.8 Å². The Morgan fingerprint density at radius 1 is 1.17 bits per heavy atom. The fourth-order valence-electron chi connectivity index (χ4n) is 3.84. The van der Waals surface area contributed by atoms with Crippen LogP contribution in [-0.4, -0.2) is 36.3 Å². The molecule has 0 aliphatic carbocycles. The molecule has 30 heavy (non-hydrogen) atoms. The number of allylic oxidation sites excluding steroid dienone is 1. The summed E-state index contributed by atoms with van der Waals surface area (Å²) >= 11 is 0. The van der Waals surface area contributed by atoms with Crippen LogP contribution in [0.4, 0.5) is 5.95 Å². The predicted molar refractivity (Wildman–Crippen MR) is 115 cm³/mol. The molecule has 3 aromatic rings. The molecule has 1 aliphatic rings. The summed E-state index contributed by atoms with van der Waals surface area (Å²) in [5, 5.41) is 3.26. The molecule has 0 amide bonds. The second-order valence-electron chi connectivity index (χ2n) is 7.11.